The Morgan fingerprint density at radius 3 is 3.15 bits per heavy atom. The first-order chi connectivity index (χ1) is 6.24. The number of hydrogen-bond donors (Lipinski definition) is 2. The summed E-state index contributed by atoms with van der Waals surface area (Å²) in [7, 11) is 0. The second-order valence-corrected chi connectivity index (χ2v) is 3.43. The minimum Gasteiger partial charge on any atom is -0.343 e. The van der Waals surface area contributed by atoms with Gasteiger partial charge in [0.25, 0.3) is 5.24 Å². The Morgan fingerprint density at radius 2 is 2.62 bits per heavy atom. The first kappa shape index (κ1) is 9.93. The first-order valence-corrected chi connectivity index (χ1v) is 4.83. The number of thioether (sulfide) groups is 1. The summed E-state index contributed by atoms with van der Waals surface area (Å²) in [5.41, 5.74) is 0. The van der Waals surface area contributed by atoms with Crippen LogP contribution >= 0.6 is 11.8 Å². The van der Waals surface area contributed by atoms with E-state index in [4.69, 9.17) is 0 Å². The number of carbonyl (C=O) groups is 2. The van der Waals surface area contributed by atoms with Gasteiger partial charge in [0.15, 0.2) is 0 Å². The Balaban J connectivity index is 2.30. The molecule has 0 aromatic carbocycles. The van der Waals surface area contributed by atoms with Gasteiger partial charge in [-0.2, -0.15) is 0 Å². The lowest BCUT2D eigenvalue weighted by atomic mass is 10.3. The lowest BCUT2D eigenvalue weighted by Crippen LogP contribution is -2.42. The maximum absolute atomic E-state index is 11.3. The second kappa shape index (κ2) is 4.77. The molecule has 1 rings (SSSR count). The molecule has 1 heterocycles. The van der Waals surface area contributed by atoms with Crippen LogP contribution in [0.1, 0.15) is 6.92 Å². The van der Waals surface area contributed by atoms with Crippen LogP contribution in [0.2, 0.25) is 0 Å². The van der Waals surface area contributed by atoms with E-state index in [-0.39, 0.29) is 11.1 Å². The minimum atomic E-state index is -0.392. The van der Waals surface area contributed by atoms with E-state index in [1.807, 2.05) is 0 Å². The van der Waals surface area contributed by atoms with Gasteiger partial charge in [0, 0.05) is 5.75 Å². The maximum Gasteiger partial charge on any atom is 0.279 e. The lowest BCUT2D eigenvalue weighted by molar-refractivity contribution is -0.122. The van der Waals surface area contributed by atoms with Crippen molar-refractivity contribution in [2.45, 2.75) is 13.0 Å². The normalized spacial score (nSPS) is 20.1. The number of hydrogen-bond acceptors (Lipinski definition) is 3. The van der Waals surface area contributed by atoms with Crippen LogP contribution in [0.3, 0.4) is 0 Å². The molecule has 0 saturated carbocycles. The standard InChI is InChI=1S/C8H10N2O2S/c1-2-3-4-9-7(11)6-5-13-8(12)10-6/h6H,4-5H2,1H3,(H,9,11)(H,10,12). The number of nitrogens with one attached hydrogen (secondary N) is 2. The van der Waals surface area contributed by atoms with E-state index in [2.05, 4.69) is 22.5 Å². The van der Waals surface area contributed by atoms with Crippen molar-refractivity contribution in [3.63, 3.8) is 0 Å². The molecule has 1 atom stereocenters. The number of amides is 2. The van der Waals surface area contributed by atoms with Crippen molar-refractivity contribution >= 4 is 22.9 Å². The summed E-state index contributed by atoms with van der Waals surface area (Å²) >= 11 is 1.13. The zero-order chi connectivity index (χ0) is 9.68. The van der Waals surface area contributed by atoms with Gasteiger partial charge in [0.2, 0.25) is 5.91 Å². The van der Waals surface area contributed by atoms with Crippen LogP contribution in [0.25, 0.3) is 0 Å². The van der Waals surface area contributed by atoms with Crippen LogP contribution in [0.4, 0.5) is 4.79 Å². The molecule has 0 radical (unpaired) electrons. The van der Waals surface area contributed by atoms with Gasteiger partial charge in [-0.25, -0.2) is 0 Å². The Bertz CT molecular complexity index is 280. The molecule has 1 saturated heterocycles. The topological polar surface area (TPSA) is 58.2 Å². The molecule has 0 bridgehead atoms. The molecule has 0 aliphatic carbocycles. The van der Waals surface area contributed by atoms with Crippen LogP contribution in [0.5, 0.6) is 0 Å². The van der Waals surface area contributed by atoms with Gasteiger partial charge in [0.05, 0.1) is 6.54 Å². The highest BCUT2D eigenvalue weighted by Gasteiger charge is 2.27. The van der Waals surface area contributed by atoms with Crippen molar-refractivity contribution in [3.8, 4) is 11.8 Å². The van der Waals surface area contributed by atoms with E-state index < -0.39 is 6.04 Å². The summed E-state index contributed by atoms with van der Waals surface area (Å²) in [4.78, 5) is 22.0. The fourth-order valence-corrected chi connectivity index (χ4v) is 1.65. The van der Waals surface area contributed by atoms with Gasteiger partial charge in [-0.1, -0.05) is 17.7 Å². The highest BCUT2D eigenvalue weighted by molar-refractivity contribution is 8.14. The van der Waals surface area contributed by atoms with Crippen molar-refractivity contribution in [1.29, 1.82) is 0 Å². The third-order valence-corrected chi connectivity index (χ3v) is 2.40. The van der Waals surface area contributed by atoms with Crippen LogP contribution < -0.4 is 10.6 Å². The SMILES string of the molecule is CC#CCNC(=O)C1CSC(=O)N1. The van der Waals surface area contributed by atoms with Gasteiger partial charge in [0.1, 0.15) is 6.04 Å². The Hall–Kier alpha value is -1.15. The van der Waals surface area contributed by atoms with E-state index in [0.29, 0.717) is 12.3 Å². The molecular formula is C8H10N2O2S. The highest BCUT2D eigenvalue weighted by atomic mass is 32.2. The Morgan fingerprint density at radius 1 is 1.85 bits per heavy atom. The summed E-state index contributed by atoms with van der Waals surface area (Å²) in [6.07, 6.45) is 0. The second-order valence-electron chi connectivity index (χ2n) is 2.44. The molecular weight excluding hydrogens is 188 g/mol. The zero-order valence-corrected chi connectivity index (χ0v) is 8.03. The van der Waals surface area contributed by atoms with Crippen LogP contribution in [0.15, 0.2) is 0 Å². The van der Waals surface area contributed by atoms with Gasteiger partial charge in [-0.3, -0.25) is 9.59 Å². The number of rotatable bonds is 2. The van der Waals surface area contributed by atoms with Crippen molar-refractivity contribution < 1.29 is 9.59 Å². The van der Waals surface area contributed by atoms with Gasteiger partial charge < -0.3 is 10.6 Å². The van der Waals surface area contributed by atoms with Crippen LogP contribution in [-0.2, 0) is 4.79 Å². The van der Waals surface area contributed by atoms with Crippen molar-refractivity contribution in [1.82, 2.24) is 10.6 Å². The molecule has 70 valence electrons. The van der Waals surface area contributed by atoms with Gasteiger partial charge in [-0.05, 0) is 6.92 Å². The van der Waals surface area contributed by atoms with Crippen LogP contribution in [0, 0.1) is 11.8 Å². The summed E-state index contributed by atoms with van der Waals surface area (Å²) in [5.74, 6) is 5.72. The molecule has 5 heteroatoms. The molecule has 4 nitrogen and oxygen atoms in total. The van der Waals surface area contributed by atoms with Crippen LogP contribution in [-0.4, -0.2) is 29.5 Å². The average Bonchev–Trinajstić information content (AvgIpc) is 2.52. The molecule has 0 spiro atoms. The molecule has 1 aliphatic rings. The molecule has 2 amide bonds. The van der Waals surface area contributed by atoms with Crippen molar-refractivity contribution in [2.24, 2.45) is 0 Å². The smallest absolute Gasteiger partial charge is 0.279 e. The van der Waals surface area contributed by atoms with Gasteiger partial charge >= 0.3 is 0 Å². The Kier molecular flexibility index (Phi) is 3.65. The highest BCUT2D eigenvalue weighted by Crippen LogP contribution is 2.12. The summed E-state index contributed by atoms with van der Waals surface area (Å²) in [6, 6.07) is -0.392. The zero-order valence-electron chi connectivity index (χ0n) is 7.22. The molecule has 1 fully saturated rings. The molecule has 13 heavy (non-hydrogen) atoms. The first-order valence-electron chi connectivity index (χ1n) is 3.84. The van der Waals surface area contributed by atoms with E-state index >= 15 is 0 Å². The van der Waals surface area contributed by atoms with E-state index in [1.54, 1.807) is 6.92 Å². The predicted octanol–water partition coefficient (Wildman–Crippen LogP) is -0.0491. The molecule has 1 aliphatic heterocycles. The minimum absolute atomic E-state index is 0.137. The largest absolute Gasteiger partial charge is 0.343 e. The fourth-order valence-electron chi connectivity index (χ4n) is 0.869. The fraction of sp³-hybridized carbons (Fsp3) is 0.500. The molecule has 0 aromatic heterocycles. The Labute approximate surface area is 80.8 Å². The third-order valence-electron chi connectivity index (χ3n) is 1.52. The quantitative estimate of drug-likeness (QED) is 0.612. The maximum atomic E-state index is 11.3. The molecule has 2 N–H and O–H groups in total. The summed E-state index contributed by atoms with van der Waals surface area (Å²) < 4.78 is 0. The van der Waals surface area contributed by atoms with Gasteiger partial charge in [-0.15, -0.1) is 5.92 Å². The van der Waals surface area contributed by atoms with Crippen molar-refractivity contribution in [3.05, 3.63) is 0 Å². The monoisotopic (exact) mass is 198 g/mol. The average molecular weight is 198 g/mol. The van der Waals surface area contributed by atoms with Crippen molar-refractivity contribution in [2.75, 3.05) is 12.3 Å². The predicted molar refractivity (Wildman–Crippen MR) is 51.2 cm³/mol. The molecule has 1 unspecified atom stereocenters. The summed E-state index contributed by atoms with van der Waals surface area (Å²) in [6.45, 7) is 2.05. The van der Waals surface area contributed by atoms with E-state index in [1.165, 1.54) is 0 Å². The number of carbonyl (C=O) groups excluding carboxylic acids is 2. The lowest BCUT2D eigenvalue weighted by Gasteiger charge is -2.07. The van der Waals surface area contributed by atoms with E-state index in [0.717, 1.165) is 11.8 Å². The summed E-state index contributed by atoms with van der Waals surface area (Å²) in [5, 5.41) is 5.01. The van der Waals surface area contributed by atoms with E-state index in [9.17, 15) is 9.59 Å². The molecule has 0 aromatic rings. The third kappa shape index (κ3) is 2.99.